The Bertz CT molecular complexity index is 337. The minimum absolute atomic E-state index is 0.103. The Hall–Kier alpha value is -1.34. The molecule has 1 fully saturated rings. The Kier molecular flexibility index (Phi) is 8.07. The van der Waals surface area contributed by atoms with Crippen LogP contribution in [0.15, 0.2) is 0 Å². The van der Waals surface area contributed by atoms with E-state index in [-0.39, 0.29) is 6.03 Å². The molecule has 122 valence electrons. The number of hydrogen-bond acceptors (Lipinski definition) is 4. The lowest BCUT2D eigenvalue weighted by Crippen LogP contribution is -2.49. The molecule has 21 heavy (non-hydrogen) atoms. The second kappa shape index (κ2) is 9.57. The van der Waals surface area contributed by atoms with Crippen molar-refractivity contribution in [2.45, 2.75) is 19.3 Å². The summed E-state index contributed by atoms with van der Waals surface area (Å²) in [4.78, 5) is 27.0. The monoisotopic (exact) mass is 302 g/mol. The first kappa shape index (κ1) is 17.7. The van der Waals surface area contributed by atoms with Gasteiger partial charge in [-0.05, 0) is 19.3 Å². The summed E-state index contributed by atoms with van der Waals surface area (Å²) in [5.74, 6) is -1.28. The van der Waals surface area contributed by atoms with Gasteiger partial charge in [0.05, 0.1) is 12.5 Å². The van der Waals surface area contributed by atoms with E-state index in [1.807, 2.05) is 0 Å². The van der Waals surface area contributed by atoms with Crippen molar-refractivity contribution >= 4 is 12.0 Å². The molecule has 1 aliphatic heterocycles. The van der Waals surface area contributed by atoms with E-state index in [0.29, 0.717) is 45.8 Å². The van der Waals surface area contributed by atoms with E-state index in [1.54, 1.807) is 24.0 Å². The zero-order valence-corrected chi connectivity index (χ0v) is 12.9. The molecule has 0 radical (unpaired) electrons. The van der Waals surface area contributed by atoms with Gasteiger partial charge in [0.1, 0.15) is 0 Å². The van der Waals surface area contributed by atoms with Crippen LogP contribution < -0.4 is 0 Å². The van der Waals surface area contributed by atoms with Crippen LogP contribution >= 0.6 is 0 Å². The number of methoxy groups -OCH3 is 2. The number of urea groups is 1. The number of likely N-dealkylation sites (tertiary alicyclic amines) is 1. The van der Waals surface area contributed by atoms with E-state index < -0.39 is 11.9 Å². The van der Waals surface area contributed by atoms with Gasteiger partial charge in [-0.15, -0.1) is 0 Å². The number of ether oxygens (including phenoxy) is 2. The summed E-state index contributed by atoms with van der Waals surface area (Å²) in [5, 5.41) is 9.10. The van der Waals surface area contributed by atoms with Crippen molar-refractivity contribution in [1.82, 2.24) is 9.80 Å². The number of amides is 2. The molecule has 2 amide bonds. The first-order chi connectivity index (χ1) is 10.1. The number of carboxylic acid groups (broad SMARTS) is 1. The maximum absolute atomic E-state index is 12.5. The SMILES string of the molecule is COCCCN(CCOC)C(=O)N1CCCC(C(=O)O)C1. The molecule has 0 aliphatic carbocycles. The minimum atomic E-state index is -0.824. The van der Waals surface area contributed by atoms with Gasteiger partial charge in [0, 0.05) is 47.0 Å². The van der Waals surface area contributed by atoms with Gasteiger partial charge < -0.3 is 24.4 Å². The van der Waals surface area contributed by atoms with Crippen molar-refractivity contribution in [3.63, 3.8) is 0 Å². The summed E-state index contributed by atoms with van der Waals surface area (Å²) in [6.07, 6.45) is 2.13. The lowest BCUT2D eigenvalue weighted by atomic mass is 9.98. The average Bonchev–Trinajstić information content (AvgIpc) is 2.50. The zero-order chi connectivity index (χ0) is 15.7. The van der Waals surface area contributed by atoms with E-state index >= 15 is 0 Å². The second-order valence-corrected chi connectivity index (χ2v) is 5.23. The van der Waals surface area contributed by atoms with Crippen molar-refractivity contribution in [3.05, 3.63) is 0 Å². The molecule has 1 N–H and O–H groups in total. The fourth-order valence-corrected chi connectivity index (χ4v) is 2.46. The number of aliphatic carboxylic acids is 1. The van der Waals surface area contributed by atoms with Gasteiger partial charge in [0.25, 0.3) is 0 Å². The molecule has 0 saturated carbocycles. The van der Waals surface area contributed by atoms with E-state index in [2.05, 4.69) is 0 Å². The number of rotatable bonds is 8. The summed E-state index contributed by atoms with van der Waals surface area (Å²) < 4.78 is 10.0. The third-order valence-corrected chi connectivity index (χ3v) is 3.65. The van der Waals surface area contributed by atoms with Crippen LogP contribution in [0, 0.1) is 5.92 Å². The summed E-state index contributed by atoms with van der Waals surface area (Å²) in [6.45, 7) is 3.07. The van der Waals surface area contributed by atoms with E-state index in [1.165, 1.54) is 0 Å². The van der Waals surface area contributed by atoms with Gasteiger partial charge in [-0.25, -0.2) is 4.79 Å². The van der Waals surface area contributed by atoms with Crippen molar-refractivity contribution in [1.29, 1.82) is 0 Å². The Morgan fingerprint density at radius 1 is 1.24 bits per heavy atom. The van der Waals surface area contributed by atoms with Gasteiger partial charge >= 0.3 is 12.0 Å². The molecular weight excluding hydrogens is 276 g/mol. The summed E-state index contributed by atoms with van der Waals surface area (Å²) in [5.41, 5.74) is 0. The minimum Gasteiger partial charge on any atom is -0.481 e. The molecule has 1 atom stereocenters. The van der Waals surface area contributed by atoms with Gasteiger partial charge in [-0.3, -0.25) is 4.79 Å². The topological polar surface area (TPSA) is 79.3 Å². The van der Waals surface area contributed by atoms with Crippen molar-refractivity contribution < 1.29 is 24.2 Å². The molecule has 0 bridgehead atoms. The Labute approximate surface area is 125 Å². The van der Waals surface area contributed by atoms with Gasteiger partial charge in [0.15, 0.2) is 0 Å². The molecule has 0 aromatic rings. The van der Waals surface area contributed by atoms with Crippen molar-refractivity contribution in [2.75, 3.05) is 53.6 Å². The van der Waals surface area contributed by atoms with Crippen molar-refractivity contribution in [2.24, 2.45) is 5.92 Å². The van der Waals surface area contributed by atoms with Crippen LogP contribution in [0.2, 0.25) is 0 Å². The lowest BCUT2D eigenvalue weighted by Gasteiger charge is -2.35. The van der Waals surface area contributed by atoms with Crippen LogP contribution in [-0.2, 0) is 14.3 Å². The lowest BCUT2D eigenvalue weighted by molar-refractivity contribution is -0.143. The summed E-state index contributed by atoms with van der Waals surface area (Å²) in [7, 11) is 3.22. The Morgan fingerprint density at radius 3 is 2.57 bits per heavy atom. The fraction of sp³-hybridized carbons (Fsp3) is 0.857. The highest BCUT2D eigenvalue weighted by molar-refractivity contribution is 5.76. The highest BCUT2D eigenvalue weighted by Crippen LogP contribution is 2.18. The fourth-order valence-electron chi connectivity index (χ4n) is 2.46. The molecule has 7 heteroatoms. The molecular formula is C14H26N2O5. The third-order valence-electron chi connectivity index (χ3n) is 3.65. The standard InChI is InChI=1S/C14H26N2O5/c1-20-9-4-7-15(8-10-21-2)14(19)16-6-3-5-12(11-16)13(17)18/h12H,3-11H2,1-2H3,(H,17,18). The summed E-state index contributed by atoms with van der Waals surface area (Å²) in [6, 6.07) is -0.103. The van der Waals surface area contributed by atoms with E-state index in [9.17, 15) is 9.59 Å². The molecule has 1 aliphatic rings. The highest BCUT2D eigenvalue weighted by Gasteiger charge is 2.30. The average molecular weight is 302 g/mol. The highest BCUT2D eigenvalue weighted by atomic mass is 16.5. The molecule has 1 unspecified atom stereocenters. The van der Waals surface area contributed by atoms with Gasteiger partial charge in [-0.1, -0.05) is 0 Å². The Morgan fingerprint density at radius 2 is 1.95 bits per heavy atom. The van der Waals surface area contributed by atoms with Crippen LogP contribution in [0.25, 0.3) is 0 Å². The number of carbonyl (C=O) groups excluding carboxylic acids is 1. The number of piperidine rings is 1. The molecule has 0 aromatic heterocycles. The molecule has 1 heterocycles. The van der Waals surface area contributed by atoms with Crippen LogP contribution in [0.1, 0.15) is 19.3 Å². The third kappa shape index (κ3) is 5.89. The van der Waals surface area contributed by atoms with E-state index in [0.717, 1.165) is 12.8 Å². The van der Waals surface area contributed by atoms with Gasteiger partial charge in [0.2, 0.25) is 0 Å². The van der Waals surface area contributed by atoms with Crippen molar-refractivity contribution in [3.8, 4) is 0 Å². The largest absolute Gasteiger partial charge is 0.481 e. The summed E-state index contributed by atoms with van der Waals surface area (Å²) >= 11 is 0. The number of carboxylic acids is 1. The van der Waals surface area contributed by atoms with Crippen LogP contribution in [-0.4, -0.2) is 80.5 Å². The quantitative estimate of drug-likeness (QED) is 0.674. The molecule has 1 saturated heterocycles. The molecule has 0 spiro atoms. The Balaban J connectivity index is 2.57. The predicted octanol–water partition coefficient (Wildman–Crippen LogP) is 0.888. The van der Waals surface area contributed by atoms with Crippen LogP contribution in [0.3, 0.4) is 0 Å². The number of nitrogens with zero attached hydrogens (tertiary/aromatic N) is 2. The smallest absolute Gasteiger partial charge is 0.320 e. The molecule has 0 aromatic carbocycles. The second-order valence-electron chi connectivity index (χ2n) is 5.23. The number of carbonyl (C=O) groups is 2. The first-order valence-electron chi connectivity index (χ1n) is 7.34. The molecule has 1 rings (SSSR count). The molecule has 7 nitrogen and oxygen atoms in total. The zero-order valence-electron chi connectivity index (χ0n) is 12.9. The number of hydrogen-bond donors (Lipinski definition) is 1. The van der Waals surface area contributed by atoms with E-state index in [4.69, 9.17) is 14.6 Å². The van der Waals surface area contributed by atoms with Crippen LogP contribution in [0.4, 0.5) is 4.79 Å². The predicted molar refractivity (Wildman–Crippen MR) is 77.3 cm³/mol. The maximum atomic E-state index is 12.5. The first-order valence-corrected chi connectivity index (χ1v) is 7.34. The normalized spacial score (nSPS) is 18.6. The van der Waals surface area contributed by atoms with Gasteiger partial charge in [-0.2, -0.15) is 0 Å². The van der Waals surface area contributed by atoms with Crippen LogP contribution in [0.5, 0.6) is 0 Å². The maximum Gasteiger partial charge on any atom is 0.320 e.